The Morgan fingerprint density at radius 2 is 2.05 bits per heavy atom. The SMILES string of the molecule is CC(=O)N1CCc2sc(C(=O)NC3CCCCC3)cc2C1. The van der Waals surface area contributed by atoms with Crippen molar-refractivity contribution in [1.82, 2.24) is 10.2 Å². The van der Waals surface area contributed by atoms with Gasteiger partial charge in [-0.2, -0.15) is 0 Å². The molecule has 0 bridgehead atoms. The van der Waals surface area contributed by atoms with Crippen LogP contribution < -0.4 is 5.32 Å². The molecule has 1 N–H and O–H groups in total. The van der Waals surface area contributed by atoms with Gasteiger partial charge in [-0.05, 0) is 30.9 Å². The number of nitrogens with one attached hydrogen (secondary N) is 1. The van der Waals surface area contributed by atoms with Crippen molar-refractivity contribution in [3.63, 3.8) is 0 Å². The first-order valence-corrected chi connectivity index (χ1v) is 8.63. The molecule has 2 heterocycles. The lowest BCUT2D eigenvalue weighted by Gasteiger charge is -2.25. The molecule has 5 heteroatoms. The summed E-state index contributed by atoms with van der Waals surface area (Å²) in [5, 5.41) is 3.17. The van der Waals surface area contributed by atoms with Crippen LogP contribution in [0, 0.1) is 0 Å². The molecule has 1 aromatic heterocycles. The molecule has 21 heavy (non-hydrogen) atoms. The maximum Gasteiger partial charge on any atom is 0.261 e. The van der Waals surface area contributed by atoms with Gasteiger partial charge in [-0.25, -0.2) is 0 Å². The minimum absolute atomic E-state index is 0.0654. The van der Waals surface area contributed by atoms with Crippen LogP contribution in [0.1, 0.15) is 59.1 Å². The fourth-order valence-corrected chi connectivity index (χ4v) is 4.28. The van der Waals surface area contributed by atoms with E-state index < -0.39 is 0 Å². The Bertz CT molecular complexity index is 546. The van der Waals surface area contributed by atoms with Gasteiger partial charge in [0.05, 0.1) is 4.88 Å². The fourth-order valence-electron chi connectivity index (χ4n) is 3.22. The second-order valence-corrected chi connectivity index (χ2v) is 7.19. The molecule has 0 saturated heterocycles. The molecule has 0 atom stereocenters. The molecule has 2 aliphatic rings. The van der Waals surface area contributed by atoms with Crippen LogP contribution in [0.4, 0.5) is 0 Å². The highest BCUT2D eigenvalue weighted by atomic mass is 32.1. The maximum absolute atomic E-state index is 12.4. The highest BCUT2D eigenvalue weighted by Crippen LogP contribution is 2.28. The number of hydrogen-bond acceptors (Lipinski definition) is 3. The van der Waals surface area contributed by atoms with E-state index in [0.29, 0.717) is 12.6 Å². The molecule has 1 aliphatic heterocycles. The van der Waals surface area contributed by atoms with Crippen LogP contribution in [0.15, 0.2) is 6.07 Å². The molecule has 4 nitrogen and oxygen atoms in total. The lowest BCUT2D eigenvalue weighted by Crippen LogP contribution is -2.35. The number of nitrogens with zero attached hydrogens (tertiary/aromatic N) is 1. The molecular weight excluding hydrogens is 284 g/mol. The molecule has 1 aliphatic carbocycles. The number of thiophene rings is 1. The summed E-state index contributed by atoms with van der Waals surface area (Å²) in [6.45, 7) is 3.03. The normalized spacial score (nSPS) is 19.2. The Kier molecular flexibility index (Phi) is 4.29. The van der Waals surface area contributed by atoms with E-state index in [4.69, 9.17) is 0 Å². The van der Waals surface area contributed by atoms with E-state index in [9.17, 15) is 9.59 Å². The standard InChI is InChI=1S/C16H22N2O2S/c1-11(19)18-8-7-14-12(10-18)9-15(21-14)16(20)17-13-5-3-2-4-6-13/h9,13H,2-8,10H2,1H3,(H,17,20). The van der Waals surface area contributed by atoms with Crippen molar-refractivity contribution in [2.24, 2.45) is 0 Å². The molecule has 2 amide bonds. The van der Waals surface area contributed by atoms with Crippen molar-refractivity contribution in [2.45, 2.75) is 58.0 Å². The van der Waals surface area contributed by atoms with E-state index in [-0.39, 0.29) is 11.8 Å². The van der Waals surface area contributed by atoms with Gasteiger partial charge in [-0.1, -0.05) is 19.3 Å². The zero-order valence-corrected chi connectivity index (χ0v) is 13.3. The van der Waals surface area contributed by atoms with E-state index in [0.717, 1.165) is 36.2 Å². The third-order valence-corrected chi connectivity index (χ3v) is 5.71. The first kappa shape index (κ1) is 14.6. The molecular formula is C16H22N2O2S. The highest BCUT2D eigenvalue weighted by Gasteiger charge is 2.24. The van der Waals surface area contributed by atoms with Gasteiger partial charge in [-0.3, -0.25) is 9.59 Å². The predicted octanol–water partition coefficient (Wildman–Crippen LogP) is 2.72. The van der Waals surface area contributed by atoms with Crippen LogP contribution in [-0.4, -0.2) is 29.3 Å². The number of hydrogen-bond donors (Lipinski definition) is 1. The molecule has 114 valence electrons. The average Bonchev–Trinajstić information content (AvgIpc) is 2.91. The Labute approximate surface area is 129 Å². The Hall–Kier alpha value is -1.36. The van der Waals surface area contributed by atoms with Crippen molar-refractivity contribution in [2.75, 3.05) is 6.54 Å². The second-order valence-electron chi connectivity index (χ2n) is 6.06. The zero-order chi connectivity index (χ0) is 14.8. The van der Waals surface area contributed by atoms with E-state index >= 15 is 0 Å². The number of carbonyl (C=O) groups is 2. The largest absolute Gasteiger partial charge is 0.349 e. The summed E-state index contributed by atoms with van der Waals surface area (Å²) >= 11 is 1.60. The summed E-state index contributed by atoms with van der Waals surface area (Å²) in [7, 11) is 0. The van der Waals surface area contributed by atoms with Gasteiger partial charge < -0.3 is 10.2 Å². The van der Waals surface area contributed by atoms with Crippen molar-refractivity contribution < 1.29 is 9.59 Å². The van der Waals surface area contributed by atoms with Crippen LogP contribution >= 0.6 is 11.3 Å². The number of amides is 2. The third-order valence-electron chi connectivity index (χ3n) is 4.48. The topological polar surface area (TPSA) is 49.4 Å². The zero-order valence-electron chi connectivity index (χ0n) is 12.5. The Morgan fingerprint density at radius 3 is 2.76 bits per heavy atom. The molecule has 0 unspecified atom stereocenters. The first-order chi connectivity index (χ1) is 10.1. The summed E-state index contributed by atoms with van der Waals surface area (Å²) in [4.78, 5) is 27.7. The van der Waals surface area contributed by atoms with Gasteiger partial charge in [-0.15, -0.1) is 11.3 Å². The minimum atomic E-state index is 0.0654. The third kappa shape index (κ3) is 3.28. The molecule has 3 rings (SSSR count). The maximum atomic E-state index is 12.4. The van der Waals surface area contributed by atoms with Gasteiger partial charge >= 0.3 is 0 Å². The van der Waals surface area contributed by atoms with Crippen LogP contribution in [0.5, 0.6) is 0 Å². The number of rotatable bonds is 2. The van der Waals surface area contributed by atoms with Crippen molar-refractivity contribution in [3.8, 4) is 0 Å². The van der Waals surface area contributed by atoms with E-state index in [1.54, 1.807) is 18.3 Å². The van der Waals surface area contributed by atoms with Gasteiger partial charge in [0.2, 0.25) is 5.91 Å². The predicted molar refractivity (Wildman–Crippen MR) is 83.5 cm³/mol. The van der Waals surface area contributed by atoms with Crippen LogP contribution in [0.25, 0.3) is 0 Å². The molecule has 0 aromatic carbocycles. The Balaban J connectivity index is 1.66. The molecule has 1 aromatic rings. The van der Waals surface area contributed by atoms with Crippen molar-refractivity contribution >= 4 is 23.2 Å². The quantitative estimate of drug-likeness (QED) is 0.913. The summed E-state index contributed by atoms with van der Waals surface area (Å²) in [6.07, 6.45) is 6.82. The van der Waals surface area contributed by atoms with Crippen LogP contribution in [0.3, 0.4) is 0 Å². The van der Waals surface area contributed by atoms with E-state index in [2.05, 4.69) is 5.32 Å². The monoisotopic (exact) mass is 306 g/mol. The minimum Gasteiger partial charge on any atom is -0.349 e. The summed E-state index contributed by atoms with van der Waals surface area (Å²) < 4.78 is 0. The molecule has 1 saturated carbocycles. The van der Waals surface area contributed by atoms with Gasteiger partial charge in [0.25, 0.3) is 5.91 Å². The van der Waals surface area contributed by atoms with Crippen molar-refractivity contribution in [3.05, 3.63) is 21.4 Å². The smallest absolute Gasteiger partial charge is 0.261 e. The van der Waals surface area contributed by atoms with E-state index in [1.165, 1.54) is 24.1 Å². The molecule has 0 spiro atoms. The lowest BCUT2D eigenvalue weighted by molar-refractivity contribution is -0.129. The Morgan fingerprint density at radius 1 is 1.29 bits per heavy atom. The fraction of sp³-hybridized carbons (Fsp3) is 0.625. The van der Waals surface area contributed by atoms with Gasteiger partial charge in [0, 0.05) is 30.9 Å². The number of fused-ring (bicyclic) bond motifs is 1. The molecule has 1 fully saturated rings. The highest BCUT2D eigenvalue weighted by molar-refractivity contribution is 7.14. The van der Waals surface area contributed by atoms with Crippen LogP contribution in [-0.2, 0) is 17.8 Å². The first-order valence-electron chi connectivity index (χ1n) is 7.81. The number of carbonyl (C=O) groups excluding carboxylic acids is 2. The summed E-state index contributed by atoms with van der Waals surface area (Å²) in [5.74, 6) is 0.177. The lowest BCUT2D eigenvalue weighted by atomic mass is 9.95. The average molecular weight is 306 g/mol. The second kappa shape index (κ2) is 6.18. The molecule has 0 radical (unpaired) electrons. The summed E-state index contributed by atoms with van der Waals surface area (Å²) in [5.41, 5.74) is 1.15. The van der Waals surface area contributed by atoms with Gasteiger partial charge in [0.15, 0.2) is 0 Å². The van der Waals surface area contributed by atoms with Crippen molar-refractivity contribution in [1.29, 1.82) is 0 Å². The van der Waals surface area contributed by atoms with E-state index in [1.807, 2.05) is 11.0 Å². The van der Waals surface area contributed by atoms with Crippen LogP contribution in [0.2, 0.25) is 0 Å². The van der Waals surface area contributed by atoms with Gasteiger partial charge in [0.1, 0.15) is 0 Å². The summed E-state index contributed by atoms with van der Waals surface area (Å²) in [6, 6.07) is 2.33.